The highest BCUT2D eigenvalue weighted by molar-refractivity contribution is 4.81. The molecule has 0 saturated heterocycles. The van der Waals surface area contributed by atoms with Crippen LogP contribution in [-0.2, 0) is 0 Å². The Hall–Kier alpha value is -0.0400. The van der Waals surface area contributed by atoms with Crippen molar-refractivity contribution in [3.05, 3.63) is 0 Å². The van der Waals surface area contributed by atoms with Crippen LogP contribution in [0.15, 0.2) is 0 Å². The third-order valence-electron chi connectivity index (χ3n) is 2.98. The third kappa shape index (κ3) is 2.19. The summed E-state index contributed by atoms with van der Waals surface area (Å²) in [5, 5.41) is 9.59. The number of rotatable bonds is 3. The van der Waals surface area contributed by atoms with E-state index in [0.29, 0.717) is 5.92 Å². The Labute approximate surface area is 69.8 Å². The molecule has 0 aromatic rings. The second kappa shape index (κ2) is 4.10. The van der Waals surface area contributed by atoms with E-state index in [1.54, 1.807) is 0 Å². The van der Waals surface area contributed by atoms with Crippen LogP contribution in [0.3, 0.4) is 0 Å². The predicted octanol–water partition coefficient (Wildman–Crippen LogP) is 2.58. The van der Waals surface area contributed by atoms with E-state index in [9.17, 15) is 5.11 Å². The summed E-state index contributed by atoms with van der Waals surface area (Å²) >= 11 is 0. The van der Waals surface area contributed by atoms with Gasteiger partial charge in [-0.1, -0.05) is 33.1 Å². The van der Waals surface area contributed by atoms with Gasteiger partial charge in [0.2, 0.25) is 0 Å². The molecule has 0 heterocycles. The predicted molar refractivity (Wildman–Crippen MR) is 47.4 cm³/mol. The molecule has 1 rings (SSSR count). The van der Waals surface area contributed by atoms with Gasteiger partial charge in [0.05, 0.1) is 6.10 Å². The van der Waals surface area contributed by atoms with Crippen molar-refractivity contribution in [2.45, 2.75) is 52.1 Å². The van der Waals surface area contributed by atoms with Gasteiger partial charge >= 0.3 is 0 Å². The van der Waals surface area contributed by atoms with Gasteiger partial charge in [-0.2, -0.15) is 0 Å². The van der Waals surface area contributed by atoms with E-state index >= 15 is 0 Å². The van der Waals surface area contributed by atoms with Gasteiger partial charge in [-0.3, -0.25) is 0 Å². The van der Waals surface area contributed by atoms with E-state index in [2.05, 4.69) is 13.8 Å². The van der Waals surface area contributed by atoms with Crippen molar-refractivity contribution in [3.63, 3.8) is 0 Å². The number of aliphatic hydroxyl groups is 1. The molecule has 1 aliphatic carbocycles. The van der Waals surface area contributed by atoms with E-state index in [0.717, 1.165) is 18.8 Å². The van der Waals surface area contributed by atoms with E-state index < -0.39 is 0 Å². The Morgan fingerprint density at radius 3 is 2.45 bits per heavy atom. The molecule has 1 heteroatoms. The largest absolute Gasteiger partial charge is 0.393 e. The van der Waals surface area contributed by atoms with Crippen LogP contribution in [0.1, 0.15) is 46.0 Å². The van der Waals surface area contributed by atoms with Gasteiger partial charge in [-0.15, -0.1) is 0 Å². The minimum absolute atomic E-state index is 0.0107. The second-order valence-electron chi connectivity index (χ2n) is 3.86. The quantitative estimate of drug-likeness (QED) is 0.666. The first-order chi connectivity index (χ1) is 5.27. The van der Waals surface area contributed by atoms with Crippen molar-refractivity contribution in [1.82, 2.24) is 0 Å². The highest BCUT2D eigenvalue weighted by atomic mass is 16.3. The number of hydrogen-bond acceptors (Lipinski definition) is 1. The highest BCUT2D eigenvalue weighted by Crippen LogP contribution is 2.35. The van der Waals surface area contributed by atoms with Crippen molar-refractivity contribution >= 4 is 0 Å². The average Bonchev–Trinajstić information content (AvgIpc) is 2.32. The lowest BCUT2D eigenvalue weighted by atomic mass is 9.99. The fourth-order valence-electron chi connectivity index (χ4n) is 2.30. The molecule has 0 amide bonds. The first-order valence-electron chi connectivity index (χ1n) is 4.96. The maximum Gasteiger partial charge on any atom is 0.0571 e. The summed E-state index contributed by atoms with van der Waals surface area (Å²) in [4.78, 5) is 0. The van der Waals surface area contributed by atoms with Crippen LogP contribution in [0.5, 0.6) is 0 Å². The molecule has 1 nitrogen and oxygen atoms in total. The van der Waals surface area contributed by atoms with Crippen LogP contribution < -0.4 is 0 Å². The van der Waals surface area contributed by atoms with Crippen molar-refractivity contribution in [3.8, 4) is 0 Å². The molecule has 0 aliphatic heterocycles. The fraction of sp³-hybridized carbons (Fsp3) is 1.00. The van der Waals surface area contributed by atoms with Crippen LogP contribution in [-0.4, -0.2) is 11.2 Å². The van der Waals surface area contributed by atoms with E-state index in [1.165, 1.54) is 19.3 Å². The number of hydrogen-bond donors (Lipinski definition) is 1. The minimum atomic E-state index is 0.0107. The molecule has 11 heavy (non-hydrogen) atoms. The van der Waals surface area contributed by atoms with Gasteiger partial charge in [-0.05, 0) is 24.7 Å². The minimum Gasteiger partial charge on any atom is -0.393 e. The Morgan fingerprint density at radius 2 is 2.00 bits per heavy atom. The van der Waals surface area contributed by atoms with Gasteiger partial charge in [0.1, 0.15) is 0 Å². The lowest BCUT2D eigenvalue weighted by Gasteiger charge is -2.09. The van der Waals surface area contributed by atoms with Crippen molar-refractivity contribution in [2.75, 3.05) is 0 Å². The Morgan fingerprint density at radius 1 is 1.27 bits per heavy atom. The zero-order valence-corrected chi connectivity index (χ0v) is 7.71. The number of aliphatic hydroxyl groups excluding tert-OH is 1. The first-order valence-corrected chi connectivity index (χ1v) is 4.96. The lowest BCUT2D eigenvalue weighted by Crippen LogP contribution is -2.11. The van der Waals surface area contributed by atoms with E-state index in [4.69, 9.17) is 0 Å². The zero-order valence-electron chi connectivity index (χ0n) is 7.71. The van der Waals surface area contributed by atoms with E-state index in [1.807, 2.05) is 0 Å². The summed E-state index contributed by atoms with van der Waals surface area (Å²) in [6.07, 6.45) is 6.08. The molecule has 0 radical (unpaired) electrons. The molecule has 0 aromatic heterocycles. The summed E-state index contributed by atoms with van der Waals surface area (Å²) in [6, 6.07) is 0. The van der Waals surface area contributed by atoms with Crippen LogP contribution in [0.2, 0.25) is 0 Å². The summed E-state index contributed by atoms with van der Waals surface area (Å²) < 4.78 is 0. The summed E-state index contributed by atoms with van der Waals surface area (Å²) in [6.45, 7) is 4.41. The average molecular weight is 156 g/mol. The SMILES string of the molecule is CCCC1CC(O)C(CC)C1. The fourth-order valence-corrected chi connectivity index (χ4v) is 2.30. The third-order valence-corrected chi connectivity index (χ3v) is 2.98. The Bertz CT molecular complexity index is 111. The van der Waals surface area contributed by atoms with Crippen molar-refractivity contribution < 1.29 is 5.11 Å². The van der Waals surface area contributed by atoms with Crippen LogP contribution in [0, 0.1) is 11.8 Å². The summed E-state index contributed by atoms with van der Waals surface area (Å²) in [5.74, 6) is 1.42. The standard InChI is InChI=1S/C10H20O/c1-3-5-8-6-9(4-2)10(11)7-8/h8-11H,3-7H2,1-2H3. The monoisotopic (exact) mass is 156 g/mol. The summed E-state index contributed by atoms with van der Waals surface area (Å²) in [7, 11) is 0. The smallest absolute Gasteiger partial charge is 0.0571 e. The molecule has 0 spiro atoms. The topological polar surface area (TPSA) is 20.2 Å². The van der Waals surface area contributed by atoms with Crippen molar-refractivity contribution in [2.24, 2.45) is 11.8 Å². The second-order valence-corrected chi connectivity index (χ2v) is 3.86. The molecule has 66 valence electrons. The van der Waals surface area contributed by atoms with Gasteiger partial charge in [0.15, 0.2) is 0 Å². The van der Waals surface area contributed by atoms with Crippen LogP contribution in [0.4, 0.5) is 0 Å². The first kappa shape index (κ1) is 9.05. The zero-order chi connectivity index (χ0) is 8.27. The molecule has 3 unspecified atom stereocenters. The molecule has 1 fully saturated rings. The molecule has 1 saturated carbocycles. The molecule has 0 bridgehead atoms. The molecular formula is C10H20O. The van der Waals surface area contributed by atoms with Crippen LogP contribution in [0.25, 0.3) is 0 Å². The van der Waals surface area contributed by atoms with E-state index in [-0.39, 0.29) is 6.10 Å². The Balaban J connectivity index is 2.30. The Kier molecular flexibility index (Phi) is 3.38. The van der Waals surface area contributed by atoms with Gasteiger partial charge in [0.25, 0.3) is 0 Å². The van der Waals surface area contributed by atoms with Gasteiger partial charge in [0, 0.05) is 0 Å². The van der Waals surface area contributed by atoms with Gasteiger partial charge < -0.3 is 5.11 Å². The molecule has 0 aromatic carbocycles. The molecule has 3 atom stereocenters. The molecule has 1 N–H and O–H groups in total. The van der Waals surface area contributed by atoms with Gasteiger partial charge in [-0.25, -0.2) is 0 Å². The van der Waals surface area contributed by atoms with Crippen LogP contribution >= 0.6 is 0 Å². The molecular weight excluding hydrogens is 136 g/mol. The lowest BCUT2D eigenvalue weighted by molar-refractivity contribution is 0.129. The normalized spacial score (nSPS) is 37.9. The van der Waals surface area contributed by atoms with Crippen molar-refractivity contribution in [1.29, 1.82) is 0 Å². The summed E-state index contributed by atoms with van der Waals surface area (Å²) in [5.41, 5.74) is 0. The maximum absolute atomic E-state index is 9.59. The maximum atomic E-state index is 9.59. The highest BCUT2D eigenvalue weighted by Gasteiger charge is 2.30. The molecule has 1 aliphatic rings.